The highest BCUT2D eigenvalue weighted by Crippen LogP contribution is 2.43. The molecule has 4 atom stereocenters. The summed E-state index contributed by atoms with van der Waals surface area (Å²) in [6.45, 7) is -0.328. The number of halogens is 3. The van der Waals surface area contributed by atoms with Crippen molar-refractivity contribution in [1.29, 1.82) is 0 Å². The minimum absolute atomic E-state index is 0.0376. The lowest BCUT2D eigenvalue weighted by Gasteiger charge is -2.40. The summed E-state index contributed by atoms with van der Waals surface area (Å²) in [5.74, 6) is 0.430. The predicted octanol–water partition coefficient (Wildman–Crippen LogP) is 2.87. The Morgan fingerprint density at radius 1 is 1.39 bits per heavy atom. The first-order valence-corrected chi connectivity index (χ1v) is 7.97. The van der Waals surface area contributed by atoms with Crippen LogP contribution in [0.2, 0.25) is 0 Å². The maximum Gasteiger partial charge on any atom is 0.410 e. The molecule has 1 aromatic heterocycles. The standard InChI is InChI=1S/C15H22F3N3O2/c1-23-11-4-2-3-9(5-11)12-6-13(15(16,17)18)21-14(20-12)10(8-22)7-19-21/h7,9,11-13,20,22H,2-6,8H2,1H3. The van der Waals surface area contributed by atoms with Gasteiger partial charge in [-0.1, -0.05) is 6.42 Å². The third-order valence-corrected chi connectivity index (χ3v) is 5.08. The lowest BCUT2D eigenvalue weighted by Crippen LogP contribution is -2.44. The summed E-state index contributed by atoms with van der Waals surface area (Å²) in [5.41, 5.74) is 0.406. The van der Waals surface area contributed by atoms with Gasteiger partial charge in [-0.25, -0.2) is 4.68 Å². The molecule has 23 heavy (non-hydrogen) atoms. The number of anilines is 1. The van der Waals surface area contributed by atoms with Gasteiger partial charge in [0.1, 0.15) is 5.82 Å². The molecule has 2 aliphatic rings. The van der Waals surface area contributed by atoms with Crippen LogP contribution in [0.25, 0.3) is 0 Å². The quantitative estimate of drug-likeness (QED) is 0.893. The van der Waals surface area contributed by atoms with E-state index in [4.69, 9.17) is 4.74 Å². The molecule has 1 fully saturated rings. The summed E-state index contributed by atoms with van der Waals surface area (Å²) in [6.07, 6.45) is 0.609. The van der Waals surface area contributed by atoms with Crippen molar-refractivity contribution in [3.05, 3.63) is 11.8 Å². The van der Waals surface area contributed by atoms with Gasteiger partial charge in [0.25, 0.3) is 0 Å². The van der Waals surface area contributed by atoms with E-state index in [0.717, 1.165) is 30.4 Å². The van der Waals surface area contributed by atoms with Crippen LogP contribution >= 0.6 is 0 Å². The van der Waals surface area contributed by atoms with Crippen LogP contribution in [0.1, 0.15) is 43.7 Å². The molecule has 5 nitrogen and oxygen atoms in total. The Bertz CT molecular complexity index is 547. The number of hydrogen-bond acceptors (Lipinski definition) is 4. The van der Waals surface area contributed by atoms with Crippen molar-refractivity contribution in [2.75, 3.05) is 12.4 Å². The second-order valence-electron chi connectivity index (χ2n) is 6.45. The molecular formula is C15H22F3N3O2. The Labute approximate surface area is 132 Å². The van der Waals surface area contributed by atoms with Gasteiger partial charge in [-0.2, -0.15) is 18.3 Å². The highest BCUT2D eigenvalue weighted by Gasteiger charge is 2.48. The number of nitrogens with zero attached hydrogens (tertiary/aromatic N) is 2. The lowest BCUT2D eigenvalue weighted by atomic mass is 9.79. The van der Waals surface area contributed by atoms with Crippen LogP contribution in [0.15, 0.2) is 6.20 Å². The molecule has 0 saturated heterocycles. The lowest BCUT2D eigenvalue weighted by molar-refractivity contribution is -0.174. The summed E-state index contributed by atoms with van der Waals surface area (Å²) >= 11 is 0. The van der Waals surface area contributed by atoms with Crippen LogP contribution < -0.4 is 5.32 Å². The molecule has 4 unspecified atom stereocenters. The number of hydrogen-bond donors (Lipinski definition) is 2. The van der Waals surface area contributed by atoms with Gasteiger partial charge < -0.3 is 15.2 Å². The Kier molecular flexibility index (Phi) is 4.55. The first-order chi connectivity index (χ1) is 10.9. The molecule has 1 aliphatic carbocycles. The third-order valence-electron chi connectivity index (χ3n) is 5.08. The fourth-order valence-electron chi connectivity index (χ4n) is 3.83. The van der Waals surface area contributed by atoms with Gasteiger partial charge in [-0.3, -0.25) is 0 Å². The van der Waals surface area contributed by atoms with E-state index < -0.39 is 12.2 Å². The molecule has 0 amide bonds. The van der Waals surface area contributed by atoms with Crippen LogP contribution in [-0.4, -0.2) is 40.3 Å². The van der Waals surface area contributed by atoms with E-state index in [2.05, 4.69) is 10.4 Å². The third kappa shape index (κ3) is 3.19. The molecule has 2 heterocycles. The second-order valence-corrected chi connectivity index (χ2v) is 6.45. The Morgan fingerprint density at radius 3 is 2.83 bits per heavy atom. The van der Waals surface area contributed by atoms with Crippen molar-refractivity contribution >= 4 is 5.82 Å². The van der Waals surface area contributed by atoms with E-state index >= 15 is 0 Å². The Hall–Kier alpha value is -1.28. The Morgan fingerprint density at radius 2 is 2.17 bits per heavy atom. The summed E-state index contributed by atoms with van der Waals surface area (Å²) in [4.78, 5) is 0. The SMILES string of the molecule is COC1CCCC(C2CC(C(F)(F)F)n3ncc(CO)c3N2)C1. The predicted molar refractivity (Wildman–Crippen MR) is 78.0 cm³/mol. The van der Waals surface area contributed by atoms with E-state index in [1.807, 2.05) is 0 Å². The first kappa shape index (κ1) is 16.6. The molecule has 1 aromatic rings. The van der Waals surface area contributed by atoms with Crippen LogP contribution in [-0.2, 0) is 11.3 Å². The molecular weight excluding hydrogens is 311 g/mol. The number of fused-ring (bicyclic) bond motifs is 1. The first-order valence-electron chi connectivity index (χ1n) is 7.97. The molecule has 0 spiro atoms. The van der Waals surface area contributed by atoms with E-state index in [1.165, 1.54) is 6.20 Å². The molecule has 8 heteroatoms. The number of alkyl halides is 3. The van der Waals surface area contributed by atoms with E-state index in [1.54, 1.807) is 7.11 Å². The van der Waals surface area contributed by atoms with Crippen molar-refractivity contribution in [3.8, 4) is 0 Å². The molecule has 0 radical (unpaired) electrons. The summed E-state index contributed by atoms with van der Waals surface area (Å²) < 4.78 is 46.7. The number of rotatable bonds is 3. The molecule has 0 bridgehead atoms. The van der Waals surface area contributed by atoms with Gasteiger partial charge >= 0.3 is 6.18 Å². The van der Waals surface area contributed by atoms with Crippen LogP contribution in [0.4, 0.5) is 19.0 Å². The molecule has 1 aliphatic heterocycles. The van der Waals surface area contributed by atoms with Gasteiger partial charge in [0.2, 0.25) is 0 Å². The van der Waals surface area contributed by atoms with Crippen LogP contribution in [0.3, 0.4) is 0 Å². The normalized spacial score (nSPS) is 31.5. The zero-order chi connectivity index (χ0) is 16.6. The van der Waals surface area contributed by atoms with Crippen molar-refractivity contribution in [2.24, 2.45) is 5.92 Å². The Balaban J connectivity index is 1.87. The smallest absolute Gasteiger partial charge is 0.391 e. The number of aromatic nitrogens is 2. The monoisotopic (exact) mass is 333 g/mol. The topological polar surface area (TPSA) is 59.3 Å². The van der Waals surface area contributed by atoms with Crippen molar-refractivity contribution in [1.82, 2.24) is 9.78 Å². The fraction of sp³-hybridized carbons (Fsp3) is 0.800. The van der Waals surface area contributed by atoms with E-state index in [9.17, 15) is 18.3 Å². The van der Waals surface area contributed by atoms with E-state index in [0.29, 0.717) is 11.4 Å². The molecule has 0 aromatic carbocycles. The number of ether oxygens (including phenoxy) is 1. The van der Waals surface area contributed by atoms with E-state index in [-0.39, 0.29) is 31.1 Å². The van der Waals surface area contributed by atoms with Crippen LogP contribution in [0.5, 0.6) is 0 Å². The number of nitrogens with one attached hydrogen (secondary N) is 1. The van der Waals surface area contributed by atoms with Gasteiger partial charge in [0.15, 0.2) is 6.04 Å². The van der Waals surface area contributed by atoms with Crippen molar-refractivity contribution < 1.29 is 23.0 Å². The highest BCUT2D eigenvalue weighted by molar-refractivity contribution is 5.47. The summed E-state index contributed by atoms with van der Waals surface area (Å²) in [7, 11) is 1.65. The average molecular weight is 333 g/mol. The van der Waals surface area contributed by atoms with Gasteiger partial charge in [-0.05, 0) is 31.6 Å². The number of aliphatic hydroxyl groups excluding tert-OH is 1. The molecule has 130 valence electrons. The van der Waals surface area contributed by atoms with Crippen LogP contribution in [0, 0.1) is 5.92 Å². The summed E-state index contributed by atoms with van der Waals surface area (Å²) in [6, 6.07) is -1.93. The zero-order valence-electron chi connectivity index (χ0n) is 13.0. The van der Waals surface area contributed by atoms with Gasteiger partial charge in [0.05, 0.1) is 18.9 Å². The largest absolute Gasteiger partial charge is 0.410 e. The molecule has 3 rings (SSSR count). The van der Waals surface area contributed by atoms with Gasteiger partial charge in [-0.15, -0.1) is 0 Å². The fourth-order valence-corrected chi connectivity index (χ4v) is 3.83. The van der Waals surface area contributed by atoms with Crippen molar-refractivity contribution in [2.45, 2.75) is 63.1 Å². The zero-order valence-corrected chi connectivity index (χ0v) is 13.0. The molecule has 1 saturated carbocycles. The van der Waals surface area contributed by atoms with Gasteiger partial charge in [0, 0.05) is 18.7 Å². The molecule has 2 N–H and O–H groups in total. The maximum absolute atomic E-state index is 13.4. The minimum Gasteiger partial charge on any atom is -0.391 e. The maximum atomic E-state index is 13.4. The average Bonchev–Trinajstić information content (AvgIpc) is 2.96. The number of methoxy groups -OCH3 is 1. The van der Waals surface area contributed by atoms with Crippen molar-refractivity contribution in [3.63, 3.8) is 0 Å². The second kappa shape index (κ2) is 6.32. The summed E-state index contributed by atoms with van der Waals surface area (Å²) in [5, 5.41) is 16.4. The minimum atomic E-state index is -4.36. The highest BCUT2D eigenvalue weighted by atomic mass is 19.4. The number of aliphatic hydroxyl groups is 1.